The second-order valence-electron chi connectivity index (χ2n) is 3.09. The lowest BCUT2D eigenvalue weighted by Gasteiger charge is -1.98. The highest BCUT2D eigenvalue weighted by molar-refractivity contribution is 7.17. The summed E-state index contributed by atoms with van der Waals surface area (Å²) in [4.78, 5) is 0. The molecule has 1 aromatic heterocycles. The Morgan fingerprint density at radius 3 is 2.67 bits per heavy atom. The van der Waals surface area contributed by atoms with Crippen LogP contribution < -0.4 is 0 Å². The molecule has 0 bridgehead atoms. The highest BCUT2D eigenvalue weighted by atomic mass is 32.1. The largest absolute Gasteiger partial charge is 0.409 e. The summed E-state index contributed by atoms with van der Waals surface area (Å²) in [6.45, 7) is 0. The molecular formula is C11H7F3S. The third-order valence-corrected chi connectivity index (χ3v) is 2.84. The van der Waals surface area contributed by atoms with Crippen LogP contribution in [0.1, 0.15) is 5.56 Å². The molecule has 1 aromatic carbocycles. The van der Waals surface area contributed by atoms with Gasteiger partial charge in [-0.2, -0.15) is 13.2 Å². The Labute approximate surface area is 88.7 Å². The van der Waals surface area contributed by atoms with Crippen molar-refractivity contribution in [3.05, 3.63) is 41.3 Å². The first-order chi connectivity index (χ1) is 7.04. The number of thiophene rings is 1. The molecule has 0 N–H and O–H groups in total. The maximum atomic E-state index is 11.9. The minimum Gasteiger partial charge on any atom is -0.167 e. The second kappa shape index (κ2) is 3.70. The zero-order valence-electron chi connectivity index (χ0n) is 7.58. The van der Waals surface area contributed by atoms with Crippen molar-refractivity contribution in [3.63, 3.8) is 0 Å². The van der Waals surface area contributed by atoms with Crippen LogP contribution in [0.15, 0.2) is 35.7 Å². The summed E-state index contributed by atoms with van der Waals surface area (Å²) < 4.78 is 36.8. The van der Waals surface area contributed by atoms with Crippen LogP contribution in [0.3, 0.4) is 0 Å². The Bertz CT molecular complexity index is 494. The average molecular weight is 228 g/mol. The molecule has 0 fully saturated rings. The summed E-state index contributed by atoms with van der Waals surface area (Å²) in [5.41, 5.74) is 0.568. The summed E-state index contributed by atoms with van der Waals surface area (Å²) in [5, 5.41) is 2.89. The van der Waals surface area contributed by atoms with E-state index in [0.717, 1.165) is 16.2 Å². The first-order valence-corrected chi connectivity index (χ1v) is 5.16. The maximum Gasteiger partial charge on any atom is 0.409 e. The zero-order valence-corrected chi connectivity index (χ0v) is 8.40. The Balaban J connectivity index is 2.33. The molecule has 0 unspecified atom stereocenters. The molecule has 4 heteroatoms. The van der Waals surface area contributed by atoms with E-state index in [1.165, 1.54) is 0 Å². The smallest absolute Gasteiger partial charge is 0.167 e. The van der Waals surface area contributed by atoms with E-state index < -0.39 is 6.18 Å². The molecular weight excluding hydrogens is 221 g/mol. The van der Waals surface area contributed by atoms with Crippen molar-refractivity contribution in [2.24, 2.45) is 0 Å². The zero-order chi connectivity index (χ0) is 10.9. The summed E-state index contributed by atoms with van der Waals surface area (Å²) in [6, 6.07) is 7.15. The first kappa shape index (κ1) is 10.2. The number of hydrogen-bond donors (Lipinski definition) is 0. The Morgan fingerprint density at radius 1 is 1.13 bits per heavy atom. The quantitative estimate of drug-likeness (QED) is 0.675. The van der Waals surface area contributed by atoms with Crippen LogP contribution in [0.4, 0.5) is 13.2 Å². The van der Waals surface area contributed by atoms with E-state index in [4.69, 9.17) is 0 Å². The Kier molecular flexibility index (Phi) is 2.52. The van der Waals surface area contributed by atoms with Gasteiger partial charge >= 0.3 is 6.18 Å². The van der Waals surface area contributed by atoms with E-state index in [1.807, 2.05) is 17.5 Å². The van der Waals surface area contributed by atoms with Crippen LogP contribution >= 0.6 is 11.3 Å². The van der Waals surface area contributed by atoms with Crippen LogP contribution in [-0.4, -0.2) is 6.18 Å². The summed E-state index contributed by atoms with van der Waals surface area (Å²) in [5.74, 6) is 0. The van der Waals surface area contributed by atoms with Crippen molar-refractivity contribution in [2.45, 2.75) is 6.18 Å². The molecule has 1 heterocycles. The number of benzene rings is 1. The van der Waals surface area contributed by atoms with Crippen molar-refractivity contribution in [1.29, 1.82) is 0 Å². The second-order valence-corrected chi connectivity index (χ2v) is 4.04. The van der Waals surface area contributed by atoms with Gasteiger partial charge in [0.15, 0.2) is 0 Å². The topological polar surface area (TPSA) is 0 Å². The highest BCUT2D eigenvalue weighted by Crippen LogP contribution is 2.23. The third kappa shape index (κ3) is 2.59. The fourth-order valence-electron chi connectivity index (χ4n) is 1.28. The van der Waals surface area contributed by atoms with Gasteiger partial charge in [-0.15, -0.1) is 11.3 Å². The van der Waals surface area contributed by atoms with Gasteiger partial charge in [-0.3, -0.25) is 0 Å². The first-order valence-electron chi connectivity index (χ1n) is 4.28. The van der Waals surface area contributed by atoms with E-state index in [-0.39, 0.29) is 6.08 Å². The van der Waals surface area contributed by atoms with Crippen molar-refractivity contribution in [1.82, 2.24) is 0 Å². The predicted octanol–water partition coefficient (Wildman–Crippen LogP) is 4.48. The Hall–Kier alpha value is -1.29. The lowest BCUT2D eigenvalue weighted by molar-refractivity contribution is -0.0790. The number of fused-ring (bicyclic) bond motifs is 1. The van der Waals surface area contributed by atoms with Crippen LogP contribution in [0, 0.1) is 0 Å². The molecule has 2 aromatic rings. The minimum absolute atomic E-state index is 0.251. The van der Waals surface area contributed by atoms with Crippen molar-refractivity contribution >= 4 is 27.5 Å². The normalized spacial score (nSPS) is 12.7. The summed E-state index contributed by atoms with van der Waals surface area (Å²) in [6.07, 6.45) is -2.92. The number of allylic oxidation sites excluding steroid dienone is 1. The van der Waals surface area contributed by atoms with Gasteiger partial charge in [0, 0.05) is 10.8 Å². The molecule has 0 saturated carbocycles. The molecule has 0 saturated heterocycles. The van der Waals surface area contributed by atoms with Crippen molar-refractivity contribution < 1.29 is 13.2 Å². The molecule has 2 rings (SSSR count). The van der Waals surface area contributed by atoms with Crippen molar-refractivity contribution in [2.75, 3.05) is 0 Å². The van der Waals surface area contributed by atoms with Gasteiger partial charge in [0.1, 0.15) is 0 Å². The van der Waals surface area contributed by atoms with Gasteiger partial charge in [0.05, 0.1) is 0 Å². The molecule has 0 aliphatic carbocycles. The van der Waals surface area contributed by atoms with E-state index in [9.17, 15) is 13.2 Å². The van der Waals surface area contributed by atoms with Crippen LogP contribution in [-0.2, 0) is 0 Å². The average Bonchev–Trinajstić information content (AvgIpc) is 2.60. The number of alkyl halides is 3. The Morgan fingerprint density at radius 2 is 1.93 bits per heavy atom. The highest BCUT2D eigenvalue weighted by Gasteiger charge is 2.21. The van der Waals surface area contributed by atoms with Crippen LogP contribution in [0.2, 0.25) is 0 Å². The fraction of sp³-hybridized carbons (Fsp3) is 0.0909. The lowest BCUT2D eigenvalue weighted by Crippen LogP contribution is -1.99. The van der Waals surface area contributed by atoms with E-state index >= 15 is 0 Å². The molecule has 0 amide bonds. The van der Waals surface area contributed by atoms with Crippen LogP contribution in [0.25, 0.3) is 16.2 Å². The molecule has 0 spiro atoms. The predicted molar refractivity (Wildman–Crippen MR) is 56.9 cm³/mol. The molecule has 0 radical (unpaired) electrons. The van der Waals surface area contributed by atoms with Gasteiger partial charge in [-0.25, -0.2) is 0 Å². The monoisotopic (exact) mass is 228 g/mol. The molecule has 0 aliphatic rings. The molecule has 0 aliphatic heterocycles. The third-order valence-electron chi connectivity index (χ3n) is 1.94. The van der Waals surface area contributed by atoms with Gasteiger partial charge in [0.25, 0.3) is 0 Å². The van der Waals surface area contributed by atoms with Gasteiger partial charge in [0.2, 0.25) is 0 Å². The fourth-order valence-corrected chi connectivity index (χ4v) is 2.05. The summed E-state index contributed by atoms with van der Waals surface area (Å²) in [7, 11) is 0. The van der Waals surface area contributed by atoms with Gasteiger partial charge < -0.3 is 0 Å². The van der Waals surface area contributed by atoms with E-state index in [2.05, 4.69) is 0 Å². The maximum absolute atomic E-state index is 11.9. The number of hydrogen-bond acceptors (Lipinski definition) is 1. The summed E-state index contributed by atoms with van der Waals surface area (Å²) >= 11 is 1.57. The number of rotatable bonds is 1. The van der Waals surface area contributed by atoms with Crippen molar-refractivity contribution in [3.8, 4) is 0 Å². The SMILES string of the molecule is FC(F)(F)/C=C\c1ccc2sccc2c1. The van der Waals surface area contributed by atoms with Gasteiger partial charge in [-0.05, 0) is 34.5 Å². The molecule has 0 atom stereocenters. The van der Waals surface area contributed by atoms with E-state index in [0.29, 0.717) is 5.56 Å². The van der Waals surface area contributed by atoms with Gasteiger partial charge in [-0.1, -0.05) is 12.1 Å². The minimum atomic E-state index is -4.25. The molecule has 0 nitrogen and oxygen atoms in total. The standard InChI is InChI=1S/C11H7F3S/c12-11(13,14)5-3-8-1-2-10-9(7-8)4-6-15-10/h1-7H/b5-3-. The van der Waals surface area contributed by atoms with Crippen LogP contribution in [0.5, 0.6) is 0 Å². The van der Waals surface area contributed by atoms with E-state index in [1.54, 1.807) is 23.5 Å². The lowest BCUT2D eigenvalue weighted by atomic mass is 10.1. The molecule has 78 valence electrons. The molecule has 15 heavy (non-hydrogen) atoms. The number of halogens is 3.